The zero-order valence-electron chi connectivity index (χ0n) is 9.85. The molecular weight excluding hydrogens is 266 g/mol. The van der Waals surface area contributed by atoms with Crippen LogP contribution in [0.5, 0.6) is 0 Å². The Bertz CT molecular complexity index is 200. The van der Waals surface area contributed by atoms with Crippen LogP contribution in [0, 0.1) is 0 Å². The SMILES string of the molecule is COCCON(CC(OC)OC(F)F)OC(F)F. The predicted molar refractivity (Wildman–Crippen MR) is 49.5 cm³/mol. The molecule has 0 aliphatic heterocycles. The van der Waals surface area contributed by atoms with E-state index < -0.39 is 26.1 Å². The fourth-order valence-electron chi connectivity index (χ4n) is 0.847. The van der Waals surface area contributed by atoms with Crippen molar-refractivity contribution < 1.29 is 41.4 Å². The van der Waals surface area contributed by atoms with Crippen molar-refractivity contribution in [2.24, 2.45) is 0 Å². The topological polar surface area (TPSA) is 49.4 Å². The average Bonchev–Trinajstić information content (AvgIpc) is 2.26. The Kier molecular flexibility index (Phi) is 10.1. The summed E-state index contributed by atoms with van der Waals surface area (Å²) in [5.41, 5.74) is 0. The molecule has 0 aliphatic rings. The van der Waals surface area contributed by atoms with Gasteiger partial charge in [-0.3, -0.25) is 9.57 Å². The van der Waals surface area contributed by atoms with E-state index in [9.17, 15) is 17.6 Å². The summed E-state index contributed by atoms with van der Waals surface area (Å²) < 4.78 is 61.0. The van der Waals surface area contributed by atoms with Crippen molar-refractivity contribution in [1.29, 1.82) is 0 Å². The molecule has 0 amide bonds. The van der Waals surface area contributed by atoms with E-state index in [2.05, 4.69) is 19.0 Å². The lowest BCUT2D eigenvalue weighted by Crippen LogP contribution is -2.38. The maximum atomic E-state index is 12.0. The number of methoxy groups -OCH3 is 2. The zero-order chi connectivity index (χ0) is 14.0. The second kappa shape index (κ2) is 10.4. The van der Waals surface area contributed by atoms with E-state index in [0.29, 0.717) is 5.23 Å². The van der Waals surface area contributed by atoms with Crippen molar-refractivity contribution in [3.05, 3.63) is 0 Å². The van der Waals surface area contributed by atoms with E-state index in [0.717, 1.165) is 7.11 Å². The van der Waals surface area contributed by atoms with Gasteiger partial charge in [-0.2, -0.15) is 17.6 Å². The van der Waals surface area contributed by atoms with Crippen LogP contribution in [0.1, 0.15) is 0 Å². The van der Waals surface area contributed by atoms with Crippen LogP contribution in [-0.2, 0) is 23.9 Å². The number of rotatable bonds is 11. The van der Waals surface area contributed by atoms with Gasteiger partial charge in [0.2, 0.25) is 0 Å². The number of halogens is 4. The first-order chi connectivity index (χ1) is 8.49. The number of hydrogen-bond donors (Lipinski definition) is 0. The highest BCUT2D eigenvalue weighted by Gasteiger charge is 2.22. The molecule has 0 spiro atoms. The van der Waals surface area contributed by atoms with Crippen LogP contribution in [-0.4, -0.2) is 58.7 Å². The second-order valence-corrected chi connectivity index (χ2v) is 2.77. The predicted octanol–water partition coefficient (Wildman–Crippen LogP) is 1.23. The molecule has 0 heterocycles. The molecule has 1 unspecified atom stereocenters. The Hall–Kier alpha value is -0.520. The molecule has 10 heteroatoms. The van der Waals surface area contributed by atoms with Crippen LogP contribution in [0.2, 0.25) is 0 Å². The van der Waals surface area contributed by atoms with E-state index in [1.54, 1.807) is 0 Å². The first kappa shape index (κ1) is 17.5. The summed E-state index contributed by atoms with van der Waals surface area (Å²) in [5.74, 6) is 0. The van der Waals surface area contributed by atoms with Crippen molar-refractivity contribution in [3.63, 3.8) is 0 Å². The minimum absolute atomic E-state index is 0.103. The molecule has 0 aromatic heterocycles. The van der Waals surface area contributed by atoms with Crippen molar-refractivity contribution in [2.45, 2.75) is 19.5 Å². The van der Waals surface area contributed by atoms with Crippen molar-refractivity contribution in [1.82, 2.24) is 5.23 Å². The molecule has 110 valence electrons. The molecule has 0 aliphatic carbocycles. The van der Waals surface area contributed by atoms with Gasteiger partial charge in [0.15, 0.2) is 6.29 Å². The summed E-state index contributed by atoms with van der Waals surface area (Å²) >= 11 is 0. The van der Waals surface area contributed by atoms with Gasteiger partial charge in [0.05, 0.1) is 13.2 Å². The minimum atomic E-state index is -3.17. The molecule has 0 aromatic carbocycles. The molecule has 0 N–H and O–H groups in total. The Morgan fingerprint density at radius 3 is 2.11 bits per heavy atom. The van der Waals surface area contributed by atoms with Gasteiger partial charge >= 0.3 is 13.2 Å². The first-order valence-corrected chi connectivity index (χ1v) is 4.80. The van der Waals surface area contributed by atoms with Crippen molar-refractivity contribution >= 4 is 0 Å². The fraction of sp³-hybridized carbons (Fsp3) is 1.00. The van der Waals surface area contributed by atoms with Gasteiger partial charge in [0.1, 0.15) is 6.54 Å². The third kappa shape index (κ3) is 9.50. The van der Waals surface area contributed by atoms with E-state index in [4.69, 9.17) is 4.84 Å². The van der Waals surface area contributed by atoms with Crippen LogP contribution in [0.15, 0.2) is 0 Å². The number of nitrogens with zero attached hydrogens (tertiary/aromatic N) is 1. The third-order valence-corrected chi connectivity index (χ3v) is 1.54. The van der Waals surface area contributed by atoms with Gasteiger partial charge in [-0.1, -0.05) is 5.23 Å². The Labute approximate surface area is 101 Å². The fourth-order valence-corrected chi connectivity index (χ4v) is 0.847. The van der Waals surface area contributed by atoms with E-state index in [1.807, 2.05) is 0 Å². The maximum absolute atomic E-state index is 12.0. The lowest BCUT2D eigenvalue weighted by molar-refractivity contribution is -0.437. The maximum Gasteiger partial charge on any atom is 0.362 e. The Morgan fingerprint density at radius 2 is 1.67 bits per heavy atom. The van der Waals surface area contributed by atoms with Crippen molar-refractivity contribution in [2.75, 3.05) is 34.0 Å². The molecule has 0 aromatic rings. The largest absolute Gasteiger partial charge is 0.382 e. The summed E-state index contributed by atoms with van der Waals surface area (Å²) in [7, 11) is 2.45. The van der Waals surface area contributed by atoms with Gasteiger partial charge in [-0.25, -0.2) is 4.84 Å². The van der Waals surface area contributed by atoms with Crippen LogP contribution < -0.4 is 0 Å². The third-order valence-electron chi connectivity index (χ3n) is 1.54. The lowest BCUT2D eigenvalue weighted by atomic mass is 10.6. The van der Waals surface area contributed by atoms with Gasteiger partial charge < -0.3 is 9.47 Å². The van der Waals surface area contributed by atoms with Crippen LogP contribution in [0.25, 0.3) is 0 Å². The first-order valence-electron chi connectivity index (χ1n) is 4.80. The standard InChI is InChI=1S/C8H15F4NO5/c1-14-3-4-16-13(18-8(11)12)5-6(15-2)17-7(9)10/h6-8H,3-5H2,1-2H3. The molecule has 18 heavy (non-hydrogen) atoms. The van der Waals surface area contributed by atoms with Gasteiger partial charge in [0.25, 0.3) is 0 Å². The van der Waals surface area contributed by atoms with Crippen LogP contribution >= 0.6 is 0 Å². The highest BCUT2D eigenvalue weighted by Crippen LogP contribution is 2.08. The van der Waals surface area contributed by atoms with Gasteiger partial charge in [-0.05, 0) is 0 Å². The summed E-state index contributed by atoms with van der Waals surface area (Å²) in [6.07, 6.45) is -1.48. The summed E-state index contributed by atoms with van der Waals surface area (Å²) in [6.45, 7) is -6.86. The van der Waals surface area contributed by atoms with Crippen LogP contribution in [0.4, 0.5) is 17.6 Å². The highest BCUT2D eigenvalue weighted by atomic mass is 19.3. The minimum Gasteiger partial charge on any atom is -0.382 e. The Balaban J connectivity index is 4.17. The summed E-state index contributed by atoms with van der Waals surface area (Å²) in [4.78, 5) is 8.64. The quantitative estimate of drug-likeness (QED) is 0.246. The number of hydrogen-bond acceptors (Lipinski definition) is 6. The molecular formula is C8H15F4NO5. The zero-order valence-corrected chi connectivity index (χ0v) is 9.85. The Morgan fingerprint density at radius 1 is 1.00 bits per heavy atom. The number of ether oxygens (including phenoxy) is 3. The summed E-state index contributed by atoms with van der Waals surface area (Å²) in [6, 6.07) is 0. The summed E-state index contributed by atoms with van der Waals surface area (Å²) in [5, 5.41) is 0.306. The molecule has 6 nitrogen and oxygen atoms in total. The smallest absolute Gasteiger partial charge is 0.362 e. The van der Waals surface area contributed by atoms with Crippen LogP contribution in [0.3, 0.4) is 0 Å². The normalized spacial score (nSPS) is 13.8. The molecule has 0 rings (SSSR count). The average molecular weight is 281 g/mol. The number of alkyl halides is 4. The molecule has 0 fully saturated rings. The van der Waals surface area contributed by atoms with E-state index in [1.165, 1.54) is 7.11 Å². The van der Waals surface area contributed by atoms with Gasteiger partial charge in [0, 0.05) is 14.2 Å². The van der Waals surface area contributed by atoms with Gasteiger partial charge in [-0.15, -0.1) is 0 Å². The molecule has 0 saturated carbocycles. The molecule has 0 radical (unpaired) electrons. The number of hydroxylamine groups is 2. The lowest BCUT2D eigenvalue weighted by Gasteiger charge is -2.24. The molecule has 1 atom stereocenters. The van der Waals surface area contributed by atoms with E-state index in [-0.39, 0.29) is 13.2 Å². The second-order valence-electron chi connectivity index (χ2n) is 2.77. The molecule has 0 bridgehead atoms. The highest BCUT2D eigenvalue weighted by molar-refractivity contribution is 4.43. The molecule has 0 saturated heterocycles. The van der Waals surface area contributed by atoms with Crippen molar-refractivity contribution in [3.8, 4) is 0 Å². The van der Waals surface area contributed by atoms with E-state index >= 15 is 0 Å². The monoisotopic (exact) mass is 281 g/mol.